The van der Waals surface area contributed by atoms with Gasteiger partial charge in [-0.15, -0.1) is 0 Å². The van der Waals surface area contributed by atoms with Crippen molar-refractivity contribution >= 4 is 12.0 Å². The van der Waals surface area contributed by atoms with Gasteiger partial charge in [-0.3, -0.25) is 4.79 Å². The van der Waals surface area contributed by atoms with Gasteiger partial charge in [0.05, 0.1) is 12.2 Å². The van der Waals surface area contributed by atoms with Gasteiger partial charge in [0.2, 0.25) is 0 Å². The average Bonchev–Trinajstić information content (AvgIpc) is 2.68. The fourth-order valence-corrected chi connectivity index (χ4v) is 2.69. The molecular formula is C13H15NO2. The highest BCUT2D eigenvalue weighted by molar-refractivity contribution is 5.84. The number of nitrogens with zero attached hydrogens (tertiary/aromatic N) is 1. The monoisotopic (exact) mass is 217 g/mol. The van der Waals surface area contributed by atoms with Crippen molar-refractivity contribution in [1.82, 2.24) is 0 Å². The SMILES string of the molecule is O=Cc1ccccc1N1CC2CCC(C1)O2. The summed E-state index contributed by atoms with van der Waals surface area (Å²) in [5.74, 6) is 0. The van der Waals surface area contributed by atoms with E-state index in [9.17, 15) is 4.79 Å². The third-order valence-electron chi connectivity index (χ3n) is 3.45. The molecule has 0 amide bonds. The van der Waals surface area contributed by atoms with Gasteiger partial charge in [-0.05, 0) is 25.0 Å². The van der Waals surface area contributed by atoms with Crippen LogP contribution < -0.4 is 4.90 Å². The minimum atomic E-state index is 0.360. The summed E-state index contributed by atoms with van der Waals surface area (Å²) in [6, 6.07) is 7.79. The molecule has 0 N–H and O–H groups in total. The number of anilines is 1. The summed E-state index contributed by atoms with van der Waals surface area (Å²) in [6.45, 7) is 1.84. The molecule has 0 saturated carbocycles. The van der Waals surface area contributed by atoms with Crippen LogP contribution in [0, 0.1) is 0 Å². The van der Waals surface area contributed by atoms with Gasteiger partial charge in [-0.1, -0.05) is 12.1 Å². The Balaban J connectivity index is 1.89. The van der Waals surface area contributed by atoms with E-state index in [1.165, 1.54) is 0 Å². The van der Waals surface area contributed by atoms with Crippen LogP contribution in [0.3, 0.4) is 0 Å². The maximum atomic E-state index is 11.0. The molecule has 2 fully saturated rings. The minimum Gasteiger partial charge on any atom is -0.371 e. The predicted molar refractivity (Wildman–Crippen MR) is 61.9 cm³/mol. The van der Waals surface area contributed by atoms with Crippen LogP contribution in [0.4, 0.5) is 5.69 Å². The van der Waals surface area contributed by atoms with Crippen molar-refractivity contribution in [2.24, 2.45) is 0 Å². The molecule has 2 aliphatic heterocycles. The Morgan fingerprint density at radius 3 is 2.56 bits per heavy atom. The molecule has 3 nitrogen and oxygen atoms in total. The Morgan fingerprint density at radius 2 is 1.88 bits per heavy atom. The topological polar surface area (TPSA) is 29.5 Å². The van der Waals surface area contributed by atoms with Crippen molar-refractivity contribution in [3.8, 4) is 0 Å². The van der Waals surface area contributed by atoms with Gasteiger partial charge in [0, 0.05) is 24.3 Å². The highest BCUT2D eigenvalue weighted by Crippen LogP contribution is 2.30. The quantitative estimate of drug-likeness (QED) is 0.708. The second-order valence-electron chi connectivity index (χ2n) is 4.54. The average molecular weight is 217 g/mol. The van der Waals surface area contributed by atoms with Crippen LogP contribution in [-0.4, -0.2) is 31.6 Å². The third-order valence-corrected chi connectivity index (χ3v) is 3.45. The molecule has 2 aliphatic rings. The summed E-state index contributed by atoms with van der Waals surface area (Å²) >= 11 is 0. The number of rotatable bonds is 2. The van der Waals surface area contributed by atoms with Crippen molar-refractivity contribution in [3.05, 3.63) is 29.8 Å². The van der Waals surface area contributed by atoms with Crippen LogP contribution in [0.1, 0.15) is 23.2 Å². The van der Waals surface area contributed by atoms with Gasteiger partial charge in [-0.2, -0.15) is 0 Å². The van der Waals surface area contributed by atoms with Crippen molar-refractivity contribution < 1.29 is 9.53 Å². The van der Waals surface area contributed by atoms with Crippen LogP contribution in [0.5, 0.6) is 0 Å². The van der Waals surface area contributed by atoms with E-state index in [0.29, 0.717) is 12.2 Å². The summed E-state index contributed by atoms with van der Waals surface area (Å²) in [5, 5.41) is 0. The Bertz CT molecular complexity index is 393. The molecule has 3 heteroatoms. The minimum absolute atomic E-state index is 0.360. The number of hydrogen-bond acceptors (Lipinski definition) is 3. The lowest BCUT2D eigenvalue weighted by Crippen LogP contribution is -2.43. The standard InChI is InChI=1S/C13H15NO2/c15-9-10-3-1-2-4-13(10)14-7-11-5-6-12(8-14)16-11/h1-4,9,11-12H,5-8H2. The highest BCUT2D eigenvalue weighted by Gasteiger charge is 2.34. The summed E-state index contributed by atoms with van der Waals surface area (Å²) in [6.07, 6.45) is 3.97. The summed E-state index contributed by atoms with van der Waals surface area (Å²) < 4.78 is 5.79. The maximum Gasteiger partial charge on any atom is 0.152 e. The Kier molecular flexibility index (Phi) is 2.40. The van der Waals surface area contributed by atoms with Crippen LogP contribution in [0.2, 0.25) is 0 Å². The lowest BCUT2D eigenvalue weighted by Gasteiger charge is -2.34. The molecule has 3 rings (SSSR count). The number of carbonyl (C=O) groups excluding carboxylic acids is 1. The second-order valence-corrected chi connectivity index (χ2v) is 4.54. The van der Waals surface area contributed by atoms with Gasteiger partial charge in [0.25, 0.3) is 0 Å². The zero-order chi connectivity index (χ0) is 11.0. The zero-order valence-electron chi connectivity index (χ0n) is 9.13. The van der Waals surface area contributed by atoms with Gasteiger partial charge >= 0.3 is 0 Å². The van der Waals surface area contributed by atoms with E-state index in [1.54, 1.807) is 0 Å². The number of carbonyl (C=O) groups is 1. The normalized spacial score (nSPS) is 28.1. The molecule has 16 heavy (non-hydrogen) atoms. The summed E-state index contributed by atoms with van der Waals surface area (Å²) in [7, 11) is 0. The molecule has 1 aromatic carbocycles. The van der Waals surface area contributed by atoms with E-state index in [-0.39, 0.29) is 0 Å². The molecule has 2 bridgehead atoms. The highest BCUT2D eigenvalue weighted by atomic mass is 16.5. The van der Waals surface area contributed by atoms with Crippen LogP contribution in [-0.2, 0) is 4.74 Å². The molecule has 2 atom stereocenters. The molecule has 84 valence electrons. The summed E-state index contributed by atoms with van der Waals surface area (Å²) in [4.78, 5) is 13.3. The number of fused-ring (bicyclic) bond motifs is 2. The molecule has 0 radical (unpaired) electrons. The number of para-hydroxylation sites is 1. The van der Waals surface area contributed by atoms with Gasteiger partial charge < -0.3 is 9.64 Å². The van der Waals surface area contributed by atoms with E-state index in [0.717, 1.165) is 43.5 Å². The molecule has 2 heterocycles. The van der Waals surface area contributed by atoms with E-state index in [2.05, 4.69) is 4.90 Å². The summed E-state index contributed by atoms with van der Waals surface area (Å²) in [5.41, 5.74) is 1.83. The largest absolute Gasteiger partial charge is 0.371 e. The lowest BCUT2D eigenvalue weighted by atomic mass is 10.1. The first-order chi connectivity index (χ1) is 7.86. The van der Waals surface area contributed by atoms with Gasteiger partial charge in [-0.25, -0.2) is 0 Å². The Labute approximate surface area is 95.0 Å². The number of aldehydes is 1. The van der Waals surface area contributed by atoms with Crippen molar-refractivity contribution in [2.75, 3.05) is 18.0 Å². The fraction of sp³-hybridized carbons (Fsp3) is 0.462. The van der Waals surface area contributed by atoms with Crippen molar-refractivity contribution in [1.29, 1.82) is 0 Å². The zero-order valence-corrected chi connectivity index (χ0v) is 9.13. The Hall–Kier alpha value is -1.35. The lowest BCUT2D eigenvalue weighted by molar-refractivity contribution is 0.0304. The van der Waals surface area contributed by atoms with E-state index in [1.807, 2.05) is 24.3 Å². The molecule has 0 aliphatic carbocycles. The first-order valence-corrected chi connectivity index (χ1v) is 5.81. The molecule has 2 saturated heterocycles. The van der Waals surface area contributed by atoms with E-state index >= 15 is 0 Å². The predicted octanol–water partition coefficient (Wildman–Crippen LogP) is 1.87. The molecular weight excluding hydrogens is 202 g/mol. The smallest absolute Gasteiger partial charge is 0.152 e. The second kappa shape index (κ2) is 3.91. The molecule has 2 unspecified atom stereocenters. The number of hydrogen-bond donors (Lipinski definition) is 0. The van der Waals surface area contributed by atoms with E-state index < -0.39 is 0 Å². The number of benzene rings is 1. The van der Waals surface area contributed by atoms with Crippen LogP contribution >= 0.6 is 0 Å². The van der Waals surface area contributed by atoms with Crippen molar-refractivity contribution in [2.45, 2.75) is 25.0 Å². The van der Waals surface area contributed by atoms with Crippen LogP contribution in [0.15, 0.2) is 24.3 Å². The van der Waals surface area contributed by atoms with Gasteiger partial charge in [0.15, 0.2) is 6.29 Å². The number of ether oxygens (including phenoxy) is 1. The fourth-order valence-electron chi connectivity index (χ4n) is 2.69. The van der Waals surface area contributed by atoms with Gasteiger partial charge in [0.1, 0.15) is 0 Å². The first-order valence-electron chi connectivity index (χ1n) is 5.81. The number of morpholine rings is 1. The van der Waals surface area contributed by atoms with Crippen LogP contribution in [0.25, 0.3) is 0 Å². The molecule has 1 aromatic rings. The van der Waals surface area contributed by atoms with E-state index in [4.69, 9.17) is 4.74 Å². The maximum absolute atomic E-state index is 11.0. The molecule has 0 aromatic heterocycles. The third kappa shape index (κ3) is 1.61. The van der Waals surface area contributed by atoms with Crippen molar-refractivity contribution in [3.63, 3.8) is 0 Å². The first kappa shape index (κ1) is 9.85. The Morgan fingerprint density at radius 1 is 1.19 bits per heavy atom. The molecule has 0 spiro atoms.